The smallest absolute Gasteiger partial charge is 0.267 e. The zero-order valence-electron chi connectivity index (χ0n) is 20.0. The van der Waals surface area contributed by atoms with Gasteiger partial charge in [-0.1, -0.05) is 42.5 Å². The molecule has 0 spiro atoms. The first kappa shape index (κ1) is 25.0. The molecule has 2 amide bonds. The molecule has 0 bridgehead atoms. The van der Waals surface area contributed by atoms with Crippen LogP contribution < -0.4 is 20.1 Å². The van der Waals surface area contributed by atoms with Gasteiger partial charge >= 0.3 is 0 Å². The van der Waals surface area contributed by atoms with Crippen LogP contribution in [0.1, 0.15) is 40.2 Å². The molecule has 3 aromatic carbocycles. The number of para-hydroxylation sites is 1. The second kappa shape index (κ2) is 12.6. The Morgan fingerprint density at radius 1 is 0.861 bits per heavy atom. The normalized spacial score (nSPS) is 13.1. The van der Waals surface area contributed by atoms with Gasteiger partial charge in [0.05, 0.1) is 6.61 Å². The van der Waals surface area contributed by atoms with Crippen LogP contribution in [0.25, 0.3) is 6.08 Å². The number of hydrogen-bond donors (Lipinski definition) is 3. The highest BCUT2D eigenvalue weighted by Crippen LogP contribution is 2.39. The average molecular weight is 487 g/mol. The Bertz CT molecular complexity index is 1170. The number of carbonyl (C=O) groups is 2. The zero-order chi connectivity index (χ0) is 25.2. The minimum Gasteiger partial charge on any atom is -0.490 e. The number of aliphatic hydroxyl groups excluding tert-OH is 1. The van der Waals surface area contributed by atoms with E-state index >= 15 is 0 Å². The van der Waals surface area contributed by atoms with Crippen molar-refractivity contribution in [2.45, 2.75) is 18.8 Å². The third-order valence-corrected chi connectivity index (χ3v) is 5.67. The van der Waals surface area contributed by atoms with Gasteiger partial charge in [-0.05, 0) is 72.4 Å². The van der Waals surface area contributed by atoms with Gasteiger partial charge in [0.2, 0.25) is 0 Å². The number of nitrogens with one attached hydrogen (secondary N) is 2. The van der Waals surface area contributed by atoms with Crippen LogP contribution in [0.4, 0.5) is 0 Å². The van der Waals surface area contributed by atoms with E-state index in [1.165, 1.54) is 18.4 Å². The maximum absolute atomic E-state index is 12.9. The Labute approximate surface area is 210 Å². The minimum atomic E-state index is -0.470. The molecule has 0 aromatic heterocycles. The highest BCUT2D eigenvalue weighted by Gasteiger charge is 2.23. The molecule has 0 atom stereocenters. The van der Waals surface area contributed by atoms with E-state index in [0.29, 0.717) is 30.4 Å². The third-order valence-electron chi connectivity index (χ3n) is 5.67. The number of ether oxygens (including phenoxy) is 2. The van der Waals surface area contributed by atoms with Crippen LogP contribution in [-0.2, 0) is 4.79 Å². The van der Waals surface area contributed by atoms with Crippen molar-refractivity contribution in [2.75, 3.05) is 26.4 Å². The van der Waals surface area contributed by atoms with Gasteiger partial charge < -0.3 is 25.2 Å². The highest BCUT2D eigenvalue weighted by atomic mass is 16.5. The molecule has 4 rings (SSSR count). The molecule has 7 nitrogen and oxygen atoms in total. The summed E-state index contributed by atoms with van der Waals surface area (Å²) in [4.78, 5) is 25.5. The second-order valence-corrected chi connectivity index (χ2v) is 8.47. The van der Waals surface area contributed by atoms with Crippen molar-refractivity contribution in [2.24, 2.45) is 0 Å². The number of amides is 2. The lowest BCUT2D eigenvalue weighted by molar-refractivity contribution is -0.117. The molecule has 0 heterocycles. The van der Waals surface area contributed by atoms with Crippen molar-refractivity contribution in [1.29, 1.82) is 0 Å². The lowest BCUT2D eigenvalue weighted by atomic mass is 10.1. The second-order valence-electron chi connectivity index (χ2n) is 8.47. The van der Waals surface area contributed by atoms with Gasteiger partial charge in [-0.25, -0.2) is 0 Å². The number of benzene rings is 3. The molecule has 0 aliphatic heterocycles. The first-order chi connectivity index (χ1) is 17.6. The van der Waals surface area contributed by atoms with Crippen LogP contribution in [0.15, 0.2) is 84.6 Å². The van der Waals surface area contributed by atoms with Crippen LogP contribution in [0, 0.1) is 0 Å². The Morgan fingerprint density at radius 2 is 1.50 bits per heavy atom. The monoisotopic (exact) mass is 486 g/mol. The van der Waals surface area contributed by atoms with Crippen molar-refractivity contribution in [3.05, 3.63) is 101 Å². The zero-order valence-corrected chi connectivity index (χ0v) is 20.0. The lowest BCUT2D eigenvalue weighted by Gasteiger charge is -2.12. The molecular weight excluding hydrogens is 456 g/mol. The van der Waals surface area contributed by atoms with E-state index < -0.39 is 11.8 Å². The molecule has 7 heteroatoms. The Morgan fingerprint density at radius 3 is 2.11 bits per heavy atom. The quantitative estimate of drug-likeness (QED) is 0.267. The average Bonchev–Trinajstić information content (AvgIpc) is 3.76. The fourth-order valence-corrected chi connectivity index (χ4v) is 3.60. The summed E-state index contributed by atoms with van der Waals surface area (Å²) in [6, 6.07) is 24.1. The summed E-state index contributed by atoms with van der Waals surface area (Å²) in [5.74, 6) is 1.13. The summed E-state index contributed by atoms with van der Waals surface area (Å²) in [5, 5.41) is 14.3. The van der Waals surface area contributed by atoms with Crippen LogP contribution >= 0.6 is 0 Å². The molecule has 3 aromatic rings. The van der Waals surface area contributed by atoms with Crippen molar-refractivity contribution in [1.82, 2.24) is 10.6 Å². The van der Waals surface area contributed by atoms with Crippen molar-refractivity contribution in [3.8, 4) is 11.5 Å². The van der Waals surface area contributed by atoms with Crippen LogP contribution in [-0.4, -0.2) is 43.3 Å². The predicted molar refractivity (Wildman–Crippen MR) is 138 cm³/mol. The lowest BCUT2D eigenvalue weighted by Crippen LogP contribution is -2.36. The minimum absolute atomic E-state index is 0.0900. The van der Waals surface area contributed by atoms with Crippen molar-refractivity contribution >= 4 is 17.9 Å². The van der Waals surface area contributed by atoms with Crippen LogP contribution in [0.3, 0.4) is 0 Å². The molecule has 36 heavy (non-hydrogen) atoms. The highest BCUT2D eigenvalue weighted by molar-refractivity contribution is 6.05. The SMILES string of the molecule is O=C(NCCO)C(=Cc1ccc(C2CC2)cc1)NC(=O)c1ccc(OCCOc2ccccc2)cc1. The summed E-state index contributed by atoms with van der Waals surface area (Å²) in [5.41, 5.74) is 2.57. The molecule has 0 saturated heterocycles. The number of rotatable bonds is 12. The molecule has 1 aliphatic carbocycles. The van der Waals surface area contributed by atoms with Gasteiger partial charge in [0.15, 0.2) is 0 Å². The van der Waals surface area contributed by atoms with E-state index in [1.54, 1.807) is 30.3 Å². The maximum atomic E-state index is 12.9. The summed E-state index contributed by atoms with van der Waals surface area (Å²) in [7, 11) is 0. The molecule has 1 fully saturated rings. The molecule has 0 radical (unpaired) electrons. The van der Waals surface area contributed by atoms with E-state index in [-0.39, 0.29) is 18.8 Å². The summed E-state index contributed by atoms with van der Waals surface area (Å²) in [6.07, 6.45) is 4.06. The number of carbonyl (C=O) groups excluding carboxylic acids is 2. The molecule has 0 unspecified atom stereocenters. The first-order valence-corrected chi connectivity index (χ1v) is 12.0. The fourth-order valence-electron chi connectivity index (χ4n) is 3.60. The standard InChI is InChI=1S/C29H30N2O5/c32-17-16-30-29(34)27(20-21-6-8-22(9-7-21)23-10-11-23)31-28(33)24-12-14-26(15-13-24)36-19-18-35-25-4-2-1-3-5-25/h1-9,12-15,20,23,32H,10-11,16-19H2,(H,30,34)(H,31,33). The van der Waals surface area contributed by atoms with E-state index in [0.717, 1.165) is 11.3 Å². The van der Waals surface area contributed by atoms with E-state index in [9.17, 15) is 9.59 Å². The fraction of sp³-hybridized carbons (Fsp3) is 0.241. The Kier molecular flexibility index (Phi) is 8.72. The van der Waals surface area contributed by atoms with E-state index in [1.807, 2.05) is 42.5 Å². The van der Waals surface area contributed by atoms with Gasteiger partial charge in [0, 0.05) is 12.1 Å². The number of aliphatic hydroxyl groups is 1. The predicted octanol–water partition coefficient (Wildman–Crippen LogP) is 3.90. The van der Waals surface area contributed by atoms with Crippen LogP contribution in [0.5, 0.6) is 11.5 Å². The number of hydrogen-bond acceptors (Lipinski definition) is 5. The first-order valence-electron chi connectivity index (χ1n) is 12.0. The summed E-state index contributed by atoms with van der Waals surface area (Å²) < 4.78 is 11.3. The largest absolute Gasteiger partial charge is 0.490 e. The van der Waals surface area contributed by atoms with Gasteiger partial charge in [0.1, 0.15) is 30.4 Å². The molecular formula is C29H30N2O5. The third kappa shape index (κ3) is 7.45. The maximum Gasteiger partial charge on any atom is 0.267 e. The van der Waals surface area contributed by atoms with Gasteiger partial charge in [-0.15, -0.1) is 0 Å². The van der Waals surface area contributed by atoms with Crippen molar-refractivity contribution in [3.63, 3.8) is 0 Å². The molecule has 186 valence electrons. The van der Waals surface area contributed by atoms with Crippen molar-refractivity contribution < 1.29 is 24.2 Å². The Hall–Kier alpha value is -4.10. The molecule has 1 aliphatic rings. The molecule has 3 N–H and O–H groups in total. The van der Waals surface area contributed by atoms with Gasteiger partial charge in [-0.3, -0.25) is 9.59 Å². The topological polar surface area (TPSA) is 96.9 Å². The van der Waals surface area contributed by atoms with Gasteiger partial charge in [-0.2, -0.15) is 0 Å². The van der Waals surface area contributed by atoms with Crippen LogP contribution in [0.2, 0.25) is 0 Å². The van der Waals surface area contributed by atoms with E-state index in [2.05, 4.69) is 22.8 Å². The molecule has 1 saturated carbocycles. The summed E-state index contributed by atoms with van der Waals surface area (Å²) >= 11 is 0. The van der Waals surface area contributed by atoms with E-state index in [4.69, 9.17) is 14.6 Å². The summed E-state index contributed by atoms with van der Waals surface area (Å²) in [6.45, 7) is 0.649. The van der Waals surface area contributed by atoms with Gasteiger partial charge in [0.25, 0.3) is 11.8 Å². The Balaban J connectivity index is 1.35.